The molecule has 0 aliphatic rings. The SMILES string of the molecule is Cc1ccc(CCC[Si](C)(C)c2ccc(CCBr)cc2)cc1. The summed E-state index contributed by atoms with van der Waals surface area (Å²) in [6.45, 7) is 7.16. The molecule has 0 fully saturated rings. The molecule has 0 N–H and O–H groups in total. The summed E-state index contributed by atoms with van der Waals surface area (Å²) in [6.07, 6.45) is 3.62. The normalized spacial score (nSPS) is 11.6. The van der Waals surface area contributed by atoms with E-state index in [1.165, 1.54) is 35.6 Å². The van der Waals surface area contributed by atoms with Crippen molar-refractivity contribution in [1.82, 2.24) is 0 Å². The Kier molecular flexibility index (Phi) is 6.46. The molecule has 2 aromatic carbocycles. The van der Waals surface area contributed by atoms with Gasteiger partial charge in [0, 0.05) is 5.33 Å². The summed E-state index contributed by atoms with van der Waals surface area (Å²) in [5.41, 5.74) is 4.26. The van der Waals surface area contributed by atoms with Crippen molar-refractivity contribution >= 4 is 29.2 Å². The summed E-state index contributed by atoms with van der Waals surface area (Å²) in [6, 6.07) is 19.7. The van der Waals surface area contributed by atoms with Crippen LogP contribution in [0.5, 0.6) is 0 Å². The molecule has 2 heteroatoms. The summed E-state index contributed by atoms with van der Waals surface area (Å²) >= 11 is 3.51. The second-order valence-electron chi connectivity index (χ2n) is 6.86. The van der Waals surface area contributed by atoms with E-state index in [0.29, 0.717) is 0 Å². The minimum Gasteiger partial charge on any atom is -0.0924 e. The summed E-state index contributed by atoms with van der Waals surface area (Å²) in [4.78, 5) is 0. The number of alkyl halides is 1. The molecule has 0 aliphatic carbocycles. The highest BCUT2D eigenvalue weighted by Gasteiger charge is 2.22. The van der Waals surface area contributed by atoms with Gasteiger partial charge in [-0.05, 0) is 30.9 Å². The molecular weight excluding hydrogens is 348 g/mol. The van der Waals surface area contributed by atoms with Crippen LogP contribution in [0, 0.1) is 6.92 Å². The maximum atomic E-state index is 3.51. The van der Waals surface area contributed by atoms with E-state index >= 15 is 0 Å². The zero-order valence-corrected chi connectivity index (χ0v) is 16.6. The lowest BCUT2D eigenvalue weighted by atomic mass is 10.1. The van der Waals surface area contributed by atoms with Crippen molar-refractivity contribution in [2.75, 3.05) is 5.33 Å². The van der Waals surface area contributed by atoms with Crippen molar-refractivity contribution in [3.05, 3.63) is 65.2 Å². The summed E-state index contributed by atoms with van der Waals surface area (Å²) in [5, 5.41) is 2.64. The van der Waals surface area contributed by atoms with E-state index in [9.17, 15) is 0 Å². The average molecular weight is 375 g/mol. The van der Waals surface area contributed by atoms with Gasteiger partial charge in [-0.3, -0.25) is 0 Å². The van der Waals surface area contributed by atoms with Crippen LogP contribution in [-0.4, -0.2) is 13.4 Å². The molecule has 0 atom stereocenters. The number of halogens is 1. The summed E-state index contributed by atoms with van der Waals surface area (Å²) < 4.78 is 0. The number of benzene rings is 2. The molecule has 2 aromatic rings. The third kappa shape index (κ3) is 5.10. The van der Waals surface area contributed by atoms with Gasteiger partial charge in [0.25, 0.3) is 0 Å². The van der Waals surface area contributed by atoms with Crippen molar-refractivity contribution in [2.24, 2.45) is 0 Å². The minimum atomic E-state index is -1.30. The lowest BCUT2D eigenvalue weighted by Gasteiger charge is -2.23. The van der Waals surface area contributed by atoms with Gasteiger partial charge in [0.1, 0.15) is 0 Å². The number of rotatable bonds is 7. The highest BCUT2D eigenvalue weighted by atomic mass is 79.9. The monoisotopic (exact) mass is 374 g/mol. The average Bonchev–Trinajstić information content (AvgIpc) is 2.50. The fourth-order valence-electron chi connectivity index (χ4n) is 2.87. The maximum Gasteiger partial charge on any atom is 0.0806 e. The molecular formula is C20H27BrSi. The Bertz CT molecular complexity index is 570. The summed E-state index contributed by atoms with van der Waals surface area (Å²) in [5.74, 6) is 0. The first-order chi connectivity index (χ1) is 10.5. The third-order valence-corrected chi connectivity index (χ3v) is 8.40. The van der Waals surface area contributed by atoms with Gasteiger partial charge in [-0.25, -0.2) is 0 Å². The zero-order chi connectivity index (χ0) is 16.0. The molecule has 0 nitrogen and oxygen atoms in total. The maximum absolute atomic E-state index is 3.51. The minimum absolute atomic E-state index is 1.05. The van der Waals surface area contributed by atoms with Crippen LogP contribution in [0.15, 0.2) is 48.5 Å². The number of aryl methyl sites for hydroxylation is 3. The highest BCUT2D eigenvalue weighted by Crippen LogP contribution is 2.16. The van der Waals surface area contributed by atoms with Crippen molar-refractivity contribution in [2.45, 2.75) is 45.3 Å². The van der Waals surface area contributed by atoms with E-state index in [0.717, 1.165) is 11.8 Å². The lowest BCUT2D eigenvalue weighted by Crippen LogP contribution is -2.41. The molecule has 0 radical (unpaired) electrons. The third-order valence-electron chi connectivity index (χ3n) is 4.51. The smallest absolute Gasteiger partial charge is 0.0806 e. The zero-order valence-electron chi connectivity index (χ0n) is 14.0. The molecule has 0 aromatic heterocycles. The van der Waals surface area contributed by atoms with Gasteiger partial charge in [0.05, 0.1) is 8.07 Å². The fraction of sp³-hybridized carbons (Fsp3) is 0.400. The molecule has 118 valence electrons. The molecule has 0 saturated carbocycles. The molecule has 0 saturated heterocycles. The van der Waals surface area contributed by atoms with Gasteiger partial charge in [-0.1, -0.05) is 101 Å². The fourth-order valence-corrected chi connectivity index (χ4v) is 5.74. The Morgan fingerprint density at radius 2 is 1.36 bits per heavy atom. The first-order valence-electron chi connectivity index (χ1n) is 8.22. The van der Waals surface area contributed by atoms with Crippen LogP contribution in [0.1, 0.15) is 23.1 Å². The van der Waals surface area contributed by atoms with Crippen LogP contribution >= 0.6 is 15.9 Å². The predicted octanol–water partition coefficient (Wildman–Crippen LogP) is 5.48. The first kappa shape index (κ1) is 17.5. The Morgan fingerprint density at radius 3 is 1.95 bits per heavy atom. The first-order valence-corrected chi connectivity index (χ1v) is 12.5. The predicted molar refractivity (Wildman–Crippen MR) is 105 cm³/mol. The number of hydrogen-bond acceptors (Lipinski definition) is 0. The van der Waals surface area contributed by atoms with E-state index in [1.54, 1.807) is 5.19 Å². The van der Waals surface area contributed by atoms with Gasteiger partial charge < -0.3 is 0 Å². The molecule has 0 heterocycles. The Morgan fingerprint density at radius 1 is 0.818 bits per heavy atom. The Hall–Kier alpha value is -0.863. The van der Waals surface area contributed by atoms with Gasteiger partial charge in [0.15, 0.2) is 0 Å². The van der Waals surface area contributed by atoms with Crippen LogP contribution in [0.4, 0.5) is 0 Å². The van der Waals surface area contributed by atoms with E-state index in [2.05, 4.69) is 84.5 Å². The molecule has 0 aliphatic heterocycles. The van der Waals surface area contributed by atoms with Crippen LogP contribution in [0.25, 0.3) is 0 Å². The largest absolute Gasteiger partial charge is 0.0924 e. The van der Waals surface area contributed by atoms with Crippen molar-refractivity contribution in [3.8, 4) is 0 Å². The molecule has 0 spiro atoms. The quantitative estimate of drug-likeness (QED) is 0.444. The molecule has 0 bridgehead atoms. The van der Waals surface area contributed by atoms with E-state index < -0.39 is 8.07 Å². The highest BCUT2D eigenvalue weighted by molar-refractivity contribution is 9.09. The topological polar surface area (TPSA) is 0 Å². The molecule has 2 rings (SSSR count). The van der Waals surface area contributed by atoms with Crippen molar-refractivity contribution in [1.29, 1.82) is 0 Å². The van der Waals surface area contributed by atoms with Gasteiger partial charge in [0.2, 0.25) is 0 Å². The van der Waals surface area contributed by atoms with Crippen LogP contribution < -0.4 is 5.19 Å². The second-order valence-corrected chi connectivity index (χ2v) is 12.5. The van der Waals surface area contributed by atoms with Crippen LogP contribution in [0.2, 0.25) is 19.1 Å². The van der Waals surface area contributed by atoms with Crippen LogP contribution in [-0.2, 0) is 12.8 Å². The standard InChI is InChI=1S/C20H27BrSi/c1-17-6-8-18(9-7-17)5-4-16-22(2,3)20-12-10-19(11-13-20)14-15-21/h6-13H,4-5,14-16H2,1-3H3. The summed E-state index contributed by atoms with van der Waals surface area (Å²) in [7, 11) is -1.30. The van der Waals surface area contributed by atoms with Crippen molar-refractivity contribution in [3.63, 3.8) is 0 Å². The van der Waals surface area contributed by atoms with Crippen molar-refractivity contribution < 1.29 is 0 Å². The van der Waals surface area contributed by atoms with Gasteiger partial charge in [-0.15, -0.1) is 0 Å². The lowest BCUT2D eigenvalue weighted by molar-refractivity contribution is 0.903. The van der Waals surface area contributed by atoms with Gasteiger partial charge in [-0.2, -0.15) is 0 Å². The second kappa shape index (κ2) is 8.12. The van der Waals surface area contributed by atoms with Crippen LogP contribution in [0.3, 0.4) is 0 Å². The van der Waals surface area contributed by atoms with E-state index in [1.807, 2.05) is 0 Å². The van der Waals surface area contributed by atoms with E-state index in [-0.39, 0.29) is 0 Å². The van der Waals surface area contributed by atoms with Gasteiger partial charge >= 0.3 is 0 Å². The van der Waals surface area contributed by atoms with E-state index in [4.69, 9.17) is 0 Å². The molecule has 0 amide bonds. The Balaban J connectivity index is 1.91. The number of hydrogen-bond donors (Lipinski definition) is 0. The Labute approximate surface area is 145 Å². The molecule has 22 heavy (non-hydrogen) atoms. The molecule has 0 unspecified atom stereocenters.